The third-order valence-corrected chi connectivity index (χ3v) is 3.66. The molecule has 1 aliphatic rings. The van der Waals surface area contributed by atoms with E-state index in [1.54, 1.807) is 7.11 Å². The van der Waals surface area contributed by atoms with Gasteiger partial charge >= 0.3 is 0 Å². The maximum Gasteiger partial charge on any atom is 0.126 e. The average Bonchev–Trinajstić information content (AvgIpc) is 2.48. The Labute approximate surface area is 113 Å². The van der Waals surface area contributed by atoms with E-state index in [1.165, 1.54) is 16.6 Å². The van der Waals surface area contributed by atoms with E-state index in [0.29, 0.717) is 0 Å². The van der Waals surface area contributed by atoms with Gasteiger partial charge < -0.3 is 4.74 Å². The highest BCUT2D eigenvalue weighted by Gasteiger charge is 2.21. The van der Waals surface area contributed by atoms with Gasteiger partial charge in [-0.05, 0) is 31.5 Å². The third kappa shape index (κ3) is 1.69. The van der Waals surface area contributed by atoms with Crippen molar-refractivity contribution < 1.29 is 4.74 Å². The summed E-state index contributed by atoms with van der Waals surface area (Å²) in [5.74, 6) is 0.925. The Morgan fingerprint density at radius 3 is 2.68 bits per heavy atom. The zero-order valence-corrected chi connectivity index (χ0v) is 11.6. The lowest BCUT2D eigenvalue weighted by Gasteiger charge is -2.27. The molecule has 0 fully saturated rings. The number of hydrogen-bond donors (Lipinski definition) is 0. The zero-order valence-electron chi connectivity index (χ0n) is 11.6. The van der Waals surface area contributed by atoms with Crippen LogP contribution in [0.5, 0.6) is 5.75 Å². The molecule has 3 rings (SSSR count). The van der Waals surface area contributed by atoms with E-state index in [0.717, 1.165) is 29.8 Å². The first-order valence-electron chi connectivity index (χ1n) is 6.75. The maximum atomic E-state index is 5.49. The molecule has 1 aliphatic heterocycles. The Balaban J connectivity index is 2.39. The number of benzene rings is 2. The summed E-state index contributed by atoms with van der Waals surface area (Å²) in [4.78, 5) is 0. The van der Waals surface area contributed by atoms with E-state index in [9.17, 15) is 0 Å². The van der Waals surface area contributed by atoms with Gasteiger partial charge in [-0.25, -0.2) is 0 Å². The molecule has 0 spiro atoms. The minimum absolute atomic E-state index is 0.874. The summed E-state index contributed by atoms with van der Waals surface area (Å²) < 4.78 is 5.49. The van der Waals surface area contributed by atoms with Crippen LogP contribution in [0, 0.1) is 0 Å². The zero-order chi connectivity index (χ0) is 13.4. The first-order chi connectivity index (χ1) is 9.30. The summed E-state index contributed by atoms with van der Waals surface area (Å²) in [6.07, 6.45) is 0.937. The molecule has 0 radical (unpaired) electrons. The van der Waals surface area contributed by atoms with Crippen molar-refractivity contribution in [3.8, 4) is 5.75 Å². The van der Waals surface area contributed by atoms with Gasteiger partial charge in [0.1, 0.15) is 5.75 Å². The van der Waals surface area contributed by atoms with Gasteiger partial charge in [0.2, 0.25) is 0 Å². The molecule has 98 valence electrons. The largest absolute Gasteiger partial charge is 0.496 e. The molecular weight excluding hydrogens is 236 g/mol. The van der Waals surface area contributed by atoms with Gasteiger partial charge in [0.25, 0.3) is 0 Å². The Bertz CT molecular complexity index is 661. The fraction of sp³-hybridized carbons (Fsp3) is 0.312. The molecule has 0 N–H and O–H groups in total. The minimum Gasteiger partial charge on any atom is -0.496 e. The van der Waals surface area contributed by atoms with Crippen molar-refractivity contribution in [1.82, 2.24) is 0 Å². The van der Waals surface area contributed by atoms with E-state index in [2.05, 4.69) is 43.1 Å². The number of methoxy groups -OCH3 is 1. The molecular formula is C16H18N2O. The van der Waals surface area contributed by atoms with Gasteiger partial charge in [-0.2, -0.15) is 5.10 Å². The Morgan fingerprint density at radius 2 is 2.00 bits per heavy atom. The molecule has 2 aromatic carbocycles. The quantitative estimate of drug-likeness (QED) is 0.832. The Morgan fingerprint density at radius 1 is 1.16 bits per heavy atom. The SMILES string of the molecule is CCC1=NN(CC)c2cccc3c(OC)ccc1c23. The standard InChI is InChI=1S/C16H18N2O/c1-4-13-11-9-10-15(19-3)12-7-6-8-14(16(11)12)18(5-2)17-13/h6-10H,4-5H2,1-3H3. The maximum absolute atomic E-state index is 5.49. The van der Waals surface area contributed by atoms with E-state index >= 15 is 0 Å². The summed E-state index contributed by atoms with van der Waals surface area (Å²) in [5.41, 5.74) is 3.55. The second-order valence-electron chi connectivity index (χ2n) is 4.63. The highest BCUT2D eigenvalue weighted by atomic mass is 16.5. The number of ether oxygens (including phenoxy) is 1. The number of hydrazone groups is 1. The average molecular weight is 254 g/mol. The molecule has 0 aromatic heterocycles. The summed E-state index contributed by atoms with van der Waals surface area (Å²) in [7, 11) is 1.72. The van der Waals surface area contributed by atoms with Crippen molar-refractivity contribution in [1.29, 1.82) is 0 Å². The molecule has 0 saturated heterocycles. The summed E-state index contributed by atoms with van der Waals surface area (Å²) in [5, 5.41) is 9.25. The predicted octanol–water partition coefficient (Wildman–Crippen LogP) is 3.80. The molecule has 2 aromatic rings. The fourth-order valence-corrected chi connectivity index (χ4v) is 2.75. The van der Waals surface area contributed by atoms with Crippen molar-refractivity contribution in [2.45, 2.75) is 20.3 Å². The van der Waals surface area contributed by atoms with Crippen LogP contribution < -0.4 is 9.75 Å². The highest BCUT2D eigenvalue weighted by molar-refractivity contribution is 6.18. The van der Waals surface area contributed by atoms with E-state index in [4.69, 9.17) is 9.84 Å². The van der Waals surface area contributed by atoms with Gasteiger partial charge in [0, 0.05) is 22.9 Å². The topological polar surface area (TPSA) is 24.8 Å². The molecule has 3 heteroatoms. The molecule has 0 unspecified atom stereocenters. The molecule has 0 aliphatic carbocycles. The summed E-state index contributed by atoms with van der Waals surface area (Å²) in [6.45, 7) is 5.15. The highest BCUT2D eigenvalue weighted by Crippen LogP contribution is 2.38. The first-order valence-corrected chi connectivity index (χ1v) is 6.75. The van der Waals surface area contributed by atoms with Gasteiger partial charge in [0.05, 0.1) is 18.5 Å². The van der Waals surface area contributed by atoms with Gasteiger partial charge in [-0.3, -0.25) is 5.01 Å². The van der Waals surface area contributed by atoms with Crippen LogP contribution in [0.15, 0.2) is 35.4 Å². The van der Waals surface area contributed by atoms with Crippen LogP contribution in [0.2, 0.25) is 0 Å². The van der Waals surface area contributed by atoms with Crippen LogP contribution in [0.4, 0.5) is 5.69 Å². The smallest absolute Gasteiger partial charge is 0.126 e. The number of rotatable bonds is 3. The second-order valence-corrected chi connectivity index (χ2v) is 4.63. The fourth-order valence-electron chi connectivity index (χ4n) is 2.75. The summed E-state index contributed by atoms with van der Waals surface area (Å²) in [6, 6.07) is 10.5. The lowest BCUT2D eigenvalue weighted by Crippen LogP contribution is -2.23. The Hall–Kier alpha value is -2.03. The van der Waals surface area contributed by atoms with Crippen LogP contribution in [0.1, 0.15) is 25.8 Å². The van der Waals surface area contributed by atoms with E-state index in [1.807, 2.05) is 6.07 Å². The number of nitrogens with zero attached hydrogens (tertiary/aromatic N) is 2. The Kier molecular flexibility index (Phi) is 2.90. The molecule has 19 heavy (non-hydrogen) atoms. The normalized spacial score (nSPS) is 13.6. The molecule has 0 atom stereocenters. The molecule has 1 heterocycles. The molecule has 0 bridgehead atoms. The molecule has 0 amide bonds. The lowest BCUT2D eigenvalue weighted by atomic mass is 9.96. The second kappa shape index (κ2) is 4.57. The van der Waals surface area contributed by atoms with Crippen LogP contribution in [0.25, 0.3) is 10.8 Å². The third-order valence-electron chi connectivity index (χ3n) is 3.66. The van der Waals surface area contributed by atoms with Crippen LogP contribution in [-0.2, 0) is 0 Å². The number of hydrogen-bond acceptors (Lipinski definition) is 3. The lowest BCUT2D eigenvalue weighted by molar-refractivity contribution is 0.420. The molecule has 3 nitrogen and oxygen atoms in total. The van der Waals surface area contributed by atoms with Gasteiger partial charge in [-0.15, -0.1) is 0 Å². The van der Waals surface area contributed by atoms with E-state index in [-0.39, 0.29) is 0 Å². The monoisotopic (exact) mass is 254 g/mol. The van der Waals surface area contributed by atoms with Crippen molar-refractivity contribution >= 4 is 22.2 Å². The van der Waals surface area contributed by atoms with Gasteiger partial charge in [0.15, 0.2) is 0 Å². The van der Waals surface area contributed by atoms with Crippen molar-refractivity contribution in [2.75, 3.05) is 18.7 Å². The van der Waals surface area contributed by atoms with Crippen molar-refractivity contribution in [3.63, 3.8) is 0 Å². The van der Waals surface area contributed by atoms with Crippen molar-refractivity contribution in [3.05, 3.63) is 35.9 Å². The van der Waals surface area contributed by atoms with Crippen LogP contribution >= 0.6 is 0 Å². The minimum atomic E-state index is 0.874. The van der Waals surface area contributed by atoms with Gasteiger partial charge in [-0.1, -0.05) is 19.1 Å². The van der Waals surface area contributed by atoms with Crippen LogP contribution in [0.3, 0.4) is 0 Å². The van der Waals surface area contributed by atoms with E-state index < -0.39 is 0 Å². The first kappa shape index (κ1) is 12.0. The van der Waals surface area contributed by atoms with Crippen molar-refractivity contribution in [2.24, 2.45) is 5.10 Å². The number of anilines is 1. The predicted molar refractivity (Wildman–Crippen MR) is 80.3 cm³/mol. The van der Waals surface area contributed by atoms with Crippen LogP contribution in [-0.4, -0.2) is 19.4 Å². The summed E-state index contributed by atoms with van der Waals surface area (Å²) >= 11 is 0. The molecule has 0 saturated carbocycles.